The van der Waals surface area contributed by atoms with Gasteiger partial charge in [0.1, 0.15) is 0 Å². The molecule has 0 saturated heterocycles. The Morgan fingerprint density at radius 1 is 1.33 bits per heavy atom. The zero-order chi connectivity index (χ0) is 9.72. The predicted octanol–water partition coefficient (Wildman–Crippen LogP) is 2.04. The molecule has 0 fully saturated rings. The molecule has 0 aromatic heterocycles. The molecule has 0 saturated carbocycles. The number of carbonyl (C=O) groups is 1. The molecule has 0 atom stereocenters. The molecule has 0 amide bonds. The van der Waals surface area contributed by atoms with Crippen LogP contribution in [0.25, 0.3) is 0 Å². The Hall–Kier alpha value is -0.990. The minimum absolute atomic E-state index is 0.143. The van der Waals surface area contributed by atoms with Gasteiger partial charge in [0.05, 0.1) is 6.10 Å². The van der Waals surface area contributed by atoms with Gasteiger partial charge < -0.3 is 9.84 Å². The van der Waals surface area contributed by atoms with Crippen LogP contribution in [0.3, 0.4) is 0 Å². The lowest BCUT2D eigenvalue weighted by molar-refractivity contribution is -0.145. The zero-order valence-electron chi connectivity index (χ0n) is 8.00. The molecule has 0 aromatic carbocycles. The number of allylic oxidation sites excluding steroid dienone is 1. The Kier molecular flexibility index (Phi) is 4.40. The number of aliphatic hydroxyl groups excluding tert-OH is 1. The van der Waals surface area contributed by atoms with Gasteiger partial charge in [0.25, 0.3) is 0 Å². The van der Waals surface area contributed by atoms with Crippen LogP contribution in [0.2, 0.25) is 0 Å². The van der Waals surface area contributed by atoms with Crippen molar-refractivity contribution in [3.05, 3.63) is 11.8 Å². The first kappa shape index (κ1) is 11.0. The van der Waals surface area contributed by atoms with Crippen molar-refractivity contribution in [2.75, 3.05) is 0 Å². The zero-order valence-corrected chi connectivity index (χ0v) is 8.00. The molecule has 0 bridgehead atoms. The summed E-state index contributed by atoms with van der Waals surface area (Å²) in [6.07, 6.45) is 1.27. The third-order valence-corrected chi connectivity index (χ3v) is 1.04. The highest BCUT2D eigenvalue weighted by Gasteiger charge is 2.10. The third kappa shape index (κ3) is 4.77. The van der Waals surface area contributed by atoms with E-state index in [0.29, 0.717) is 0 Å². The van der Waals surface area contributed by atoms with E-state index < -0.39 is 5.97 Å². The van der Waals surface area contributed by atoms with Crippen LogP contribution in [0.4, 0.5) is 0 Å². The summed E-state index contributed by atoms with van der Waals surface area (Å²) in [6, 6.07) is 0. The van der Waals surface area contributed by atoms with Gasteiger partial charge in [-0.05, 0) is 25.8 Å². The van der Waals surface area contributed by atoms with Crippen LogP contribution >= 0.6 is 0 Å². The van der Waals surface area contributed by atoms with Crippen molar-refractivity contribution < 1.29 is 14.6 Å². The molecule has 0 rings (SSSR count). The Morgan fingerprint density at radius 2 is 1.83 bits per heavy atom. The number of rotatable bonds is 3. The van der Waals surface area contributed by atoms with Crippen LogP contribution in [0.15, 0.2) is 11.8 Å². The first-order chi connectivity index (χ1) is 5.43. The van der Waals surface area contributed by atoms with Crippen LogP contribution in [0, 0.1) is 5.92 Å². The highest BCUT2D eigenvalue weighted by atomic mass is 16.6. The maximum absolute atomic E-state index is 10.9. The number of carbonyl (C=O) groups excluding carboxylic acids is 1. The topological polar surface area (TPSA) is 46.5 Å². The second kappa shape index (κ2) is 4.80. The maximum Gasteiger partial charge on any atom is 0.373 e. The van der Waals surface area contributed by atoms with E-state index in [0.717, 1.165) is 0 Å². The summed E-state index contributed by atoms with van der Waals surface area (Å²) in [6.45, 7) is 7.22. The molecule has 0 aromatic rings. The summed E-state index contributed by atoms with van der Waals surface area (Å²) >= 11 is 0. The molecule has 3 heteroatoms. The summed E-state index contributed by atoms with van der Waals surface area (Å²) in [4.78, 5) is 10.9. The van der Waals surface area contributed by atoms with Crippen molar-refractivity contribution in [3.8, 4) is 0 Å². The third-order valence-electron chi connectivity index (χ3n) is 1.04. The molecule has 3 nitrogen and oxygen atoms in total. The lowest BCUT2D eigenvalue weighted by Crippen LogP contribution is -2.13. The predicted molar refractivity (Wildman–Crippen MR) is 46.8 cm³/mol. The molecule has 0 aliphatic carbocycles. The fourth-order valence-corrected chi connectivity index (χ4v) is 0.658. The second-order valence-corrected chi connectivity index (χ2v) is 3.25. The van der Waals surface area contributed by atoms with Gasteiger partial charge in [-0.2, -0.15) is 0 Å². The minimum Gasteiger partial charge on any atom is -0.502 e. The monoisotopic (exact) mass is 172 g/mol. The molecular formula is C9H16O3. The van der Waals surface area contributed by atoms with Crippen molar-refractivity contribution in [2.45, 2.75) is 33.8 Å². The van der Waals surface area contributed by atoms with Gasteiger partial charge in [0.2, 0.25) is 0 Å². The van der Waals surface area contributed by atoms with Gasteiger partial charge in [-0.3, -0.25) is 0 Å². The largest absolute Gasteiger partial charge is 0.502 e. The molecule has 1 N–H and O–H groups in total. The van der Waals surface area contributed by atoms with Gasteiger partial charge in [-0.1, -0.05) is 13.8 Å². The highest BCUT2D eigenvalue weighted by molar-refractivity contribution is 5.85. The van der Waals surface area contributed by atoms with Crippen LogP contribution in [-0.2, 0) is 9.53 Å². The van der Waals surface area contributed by atoms with Crippen LogP contribution < -0.4 is 0 Å². The van der Waals surface area contributed by atoms with Gasteiger partial charge in [-0.15, -0.1) is 0 Å². The molecule has 0 radical (unpaired) electrons. The lowest BCUT2D eigenvalue weighted by Gasteiger charge is -2.07. The van der Waals surface area contributed by atoms with Gasteiger partial charge in [0, 0.05) is 0 Å². The normalized spacial score (nSPS) is 12.3. The quantitative estimate of drug-likeness (QED) is 0.402. The van der Waals surface area contributed by atoms with E-state index in [1.807, 2.05) is 13.8 Å². The SMILES string of the molecule is CC(C)/C=C(\O)C(=O)OC(C)C. The van der Waals surface area contributed by atoms with Crippen LogP contribution in [0.1, 0.15) is 27.7 Å². The molecular weight excluding hydrogens is 156 g/mol. The van der Waals surface area contributed by atoms with Gasteiger partial charge >= 0.3 is 5.97 Å². The lowest BCUT2D eigenvalue weighted by atomic mass is 10.2. The van der Waals surface area contributed by atoms with Crippen LogP contribution in [0.5, 0.6) is 0 Å². The standard InChI is InChI=1S/C9H16O3/c1-6(2)5-8(10)9(11)12-7(3)4/h5-7,10H,1-4H3/b8-5-. The van der Waals surface area contributed by atoms with E-state index in [1.165, 1.54) is 6.08 Å². The highest BCUT2D eigenvalue weighted by Crippen LogP contribution is 2.02. The second-order valence-electron chi connectivity index (χ2n) is 3.25. The molecule has 0 spiro atoms. The first-order valence-corrected chi connectivity index (χ1v) is 4.05. The number of esters is 1. The maximum atomic E-state index is 10.9. The molecule has 0 heterocycles. The van der Waals surface area contributed by atoms with Gasteiger partial charge in [-0.25, -0.2) is 4.79 Å². The number of hydrogen-bond acceptors (Lipinski definition) is 3. The number of hydrogen-bond donors (Lipinski definition) is 1. The summed E-state index contributed by atoms with van der Waals surface area (Å²) < 4.78 is 4.76. The van der Waals surface area contributed by atoms with Crippen molar-refractivity contribution in [1.82, 2.24) is 0 Å². The number of ether oxygens (including phenoxy) is 1. The summed E-state index contributed by atoms with van der Waals surface area (Å²) in [5, 5.41) is 9.12. The Morgan fingerprint density at radius 3 is 2.17 bits per heavy atom. The smallest absolute Gasteiger partial charge is 0.373 e. The summed E-state index contributed by atoms with van der Waals surface area (Å²) in [5.74, 6) is -0.817. The van der Waals surface area contributed by atoms with Crippen molar-refractivity contribution in [1.29, 1.82) is 0 Å². The van der Waals surface area contributed by atoms with E-state index >= 15 is 0 Å². The van der Waals surface area contributed by atoms with E-state index in [1.54, 1.807) is 13.8 Å². The first-order valence-electron chi connectivity index (χ1n) is 4.05. The van der Waals surface area contributed by atoms with Crippen LogP contribution in [-0.4, -0.2) is 17.2 Å². The molecule has 0 aliphatic rings. The average molecular weight is 172 g/mol. The number of aliphatic hydroxyl groups is 1. The molecule has 12 heavy (non-hydrogen) atoms. The Labute approximate surface area is 73.0 Å². The van der Waals surface area contributed by atoms with Crippen molar-refractivity contribution in [3.63, 3.8) is 0 Å². The van der Waals surface area contributed by atoms with E-state index in [9.17, 15) is 4.79 Å². The van der Waals surface area contributed by atoms with E-state index in [-0.39, 0.29) is 17.8 Å². The fourth-order valence-electron chi connectivity index (χ4n) is 0.658. The summed E-state index contributed by atoms with van der Waals surface area (Å²) in [5.41, 5.74) is 0. The molecule has 70 valence electrons. The Balaban J connectivity index is 4.10. The summed E-state index contributed by atoms with van der Waals surface area (Å²) in [7, 11) is 0. The van der Waals surface area contributed by atoms with E-state index in [2.05, 4.69) is 0 Å². The van der Waals surface area contributed by atoms with E-state index in [4.69, 9.17) is 9.84 Å². The van der Waals surface area contributed by atoms with Crippen molar-refractivity contribution in [2.24, 2.45) is 5.92 Å². The fraction of sp³-hybridized carbons (Fsp3) is 0.667. The average Bonchev–Trinajstić information content (AvgIpc) is 1.84. The van der Waals surface area contributed by atoms with Crippen molar-refractivity contribution >= 4 is 5.97 Å². The molecule has 0 unspecified atom stereocenters. The molecule has 0 aliphatic heterocycles. The Bertz CT molecular complexity index is 180. The van der Waals surface area contributed by atoms with Gasteiger partial charge in [0.15, 0.2) is 5.76 Å². The minimum atomic E-state index is -0.654.